The molecule has 1 aromatic heterocycles. The Balaban J connectivity index is 1.78. The molecule has 1 amide bonds. The Morgan fingerprint density at radius 3 is 2.81 bits per heavy atom. The zero-order chi connectivity index (χ0) is 15.4. The standard InChI is InChI=1S/C15H21ClN2O3/c1-10(2-5-14(19)20)6-7-17-15(21)13-8-11(16)9-18(13)12-3-4-12/h8-10,12H,2-7H2,1H3,(H,17,21)(H,19,20). The summed E-state index contributed by atoms with van der Waals surface area (Å²) in [6, 6.07) is 2.11. The number of hydrogen-bond donors (Lipinski definition) is 2. The lowest BCUT2D eigenvalue weighted by Gasteiger charge is -2.12. The van der Waals surface area contributed by atoms with E-state index in [4.69, 9.17) is 16.7 Å². The monoisotopic (exact) mass is 312 g/mol. The predicted octanol–water partition coefficient (Wildman–Crippen LogP) is 3.10. The Bertz CT molecular complexity index is 523. The van der Waals surface area contributed by atoms with Gasteiger partial charge in [0, 0.05) is 25.2 Å². The molecule has 0 spiro atoms. The average Bonchev–Trinajstić information content (AvgIpc) is 3.19. The van der Waals surface area contributed by atoms with Crippen LogP contribution in [0.2, 0.25) is 5.02 Å². The fourth-order valence-electron chi connectivity index (χ4n) is 2.32. The summed E-state index contributed by atoms with van der Waals surface area (Å²) in [6.07, 6.45) is 5.58. The van der Waals surface area contributed by atoms with Crippen LogP contribution >= 0.6 is 11.6 Å². The van der Waals surface area contributed by atoms with Crippen LogP contribution in [-0.2, 0) is 4.79 Å². The molecule has 1 unspecified atom stereocenters. The number of nitrogens with one attached hydrogen (secondary N) is 1. The summed E-state index contributed by atoms with van der Waals surface area (Å²) < 4.78 is 1.95. The second-order valence-corrected chi connectivity index (χ2v) is 6.20. The maximum Gasteiger partial charge on any atom is 0.303 e. The Labute approximate surface area is 129 Å². The van der Waals surface area contributed by atoms with Crippen molar-refractivity contribution < 1.29 is 14.7 Å². The first-order valence-corrected chi connectivity index (χ1v) is 7.72. The van der Waals surface area contributed by atoms with Crippen molar-refractivity contribution in [1.82, 2.24) is 9.88 Å². The van der Waals surface area contributed by atoms with E-state index in [1.165, 1.54) is 0 Å². The maximum atomic E-state index is 12.2. The third-order valence-electron chi connectivity index (χ3n) is 3.76. The van der Waals surface area contributed by atoms with E-state index in [2.05, 4.69) is 5.32 Å². The predicted molar refractivity (Wildman–Crippen MR) is 80.7 cm³/mol. The minimum absolute atomic E-state index is 0.112. The van der Waals surface area contributed by atoms with Gasteiger partial charge in [-0.15, -0.1) is 0 Å². The lowest BCUT2D eigenvalue weighted by atomic mass is 10.0. The third-order valence-corrected chi connectivity index (χ3v) is 3.97. The van der Waals surface area contributed by atoms with Gasteiger partial charge in [-0.2, -0.15) is 0 Å². The molecule has 2 rings (SSSR count). The Morgan fingerprint density at radius 2 is 2.19 bits per heavy atom. The molecular weight excluding hydrogens is 292 g/mol. The number of hydrogen-bond acceptors (Lipinski definition) is 2. The van der Waals surface area contributed by atoms with Crippen LogP contribution in [-0.4, -0.2) is 28.1 Å². The zero-order valence-corrected chi connectivity index (χ0v) is 12.9. The van der Waals surface area contributed by atoms with Gasteiger partial charge in [0.2, 0.25) is 0 Å². The van der Waals surface area contributed by atoms with Crippen molar-refractivity contribution in [3.63, 3.8) is 0 Å². The molecule has 0 aliphatic heterocycles. The van der Waals surface area contributed by atoms with Crippen LogP contribution in [0.15, 0.2) is 12.3 Å². The summed E-state index contributed by atoms with van der Waals surface area (Å²) in [4.78, 5) is 22.7. The highest BCUT2D eigenvalue weighted by molar-refractivity contribution is 6.31. The first-order valence-electron chi connectivity index (χ1n) is 7.34. The Hall–Kier alpha value is -1.49. The van der Waals surface area contributed by atoms with Gasteiger partial charge in [0.15, 0.2) is 0 Å². The molecule has 1 atom stereocenters. The van der Waals surface area contributed by atoms with Gasteiger partial charge in [-0.1, -0.05) is 18.5 Å². The number of carbonyl (C=O) groups excluding carboxylic acids is 1. The molecule has 6 heteroatoms. The number of rotatable bonds is 8. The maximum absolute atomic E-state index is 12.2. The summed E-state index contributed by atoms with van der Waals surface area (Å²) in [5.41, 5.74) is 0.612. The van der Waals surface area contributed by atoms with E-state index >= 15 is 0 Å². The van der Waals surface area contributed by atoms with Crippen LogP contribution in [0, 0.1) is 5.92 Å². The topological polar surface area (TPSA) is 71.3 Å². The summed E-state index contributed by atoms with van der Waals surface area (Å²) in [7, 11) is 0. The molecule has 1 fully saturated rings. The molecule has 0 bridgehead atoms. The van der Waals surface area contributed by atoms with Gasteiger partial charge < -0.3 is 15.0 Å². The van der Waals surface area contributed by atoms with Crippen LogP contribution in [0.5, 0.6) is 0 Å². The van der Waals surface area contributed by atoms with E-state index in [9.17, 15) is 9.59 Å². The SMILES string of the molecule is CC(CCNC(=O)c1cc(Cl)cn1C1CC1)CCC(=O)O. The van der Waals surface area contributed by atoms with Crippen molar-refractivity contribution >= 4 is 23.5 Å². The van der Waals surface area contributed by atoms with Crippen molar-refractivity contribution in [2.45, 2.75) is 45.1 Å². The summed E-state index contributed by atoms with van der Waals surface area (Å²) in [5, 5.41) is 12.1. The smallest absolute Gasteiger partial charge is 0.303 e. The average molecular weight is 313 g/mol. The van der Waals surface area contributed by atoms with Crippen LogP contribution in [0.3, 0.4) is 0 Å². The molecular formula is C15H21ClN2O3. The first kappa shape index (κ1) is 15.9. The molecule has 5 nitrogen and oxygen atoms in total. The van der Waals surface area contributed by atoms with E-state index in [0.717, 1.165) is 19.3 Å². The fourth-order valence-corrected chi connectivity index (χ4v) is 2.53. The normalized spacial score (nSPS) is 15.7. The van der Waals surface area contributed by atoms with Gasteiger partial charge in [-0.25, -0.2) is 0 Å². The van der Waals surface area contributed by atoms with Crippen LogP contribution in [0.25, 0.3) is 0 Å². The number of nitrogens with zero attached hydrogens (tertiary/aromatic N) is 1. The molecule has 0 radical (unpaired) electrons. The molecule has 21 heavy (non-hydrogen) atoms. The van der Waals surface area contributed by atoms with E-state index < -0.39 is 5.97 Å². The van der Waals surface area contributed by atoms with Crippen LogP contribution in [0.4, 0.5) is 0 Å². The molecule has 1 saturated carbocycles. The fraction of sp³-hybridized carbons (Fsp3) is 0.600. The summed E-state index contributed by atoms with van der Waals surface area (Å²) in [5.74, 6) is -0.609. The van der Waals surface area contributed by atoms with E-state index in [1.54, 1.807) is 6.07 Å². The summed E-state index contributed by atoms with van der Waals surface area (Å²) in [6.45, 7) is 2.55. The van der Waals surface area contributed by atoms with Crippen LogP contribution < -0.4 is 5.32 Å². The van der Waals surface area contributed by atoms with Crippen molar-refractivity contribution in [3.05, 3.63) is 23.0 Å². The Morgan fingerprint density at radius 1 is 1.48 bits per heavy atom. The van der Waals surface area contributed by atoms with Crippen molar-refractivity contribution in [2.75, 3.05) is 6.54 Å². The molecule has 1 aromatic rings. The minimum Gasteiger partial charge on any atom is -0.481 e. The third kappa shape index (κ3) is 4.77. The quantitative estimate of drug-likeness (QED) is 0.775. The van der Waals surface area contributed by atoms with E-state index in [0.29, 0.717) is 29.7 Å². The van der Waals surface area contributed by atoms with Crippen molar-refractivity contribution in [2.24, 2.45) is 5.92 Å². The van der Waals surface area contributed by atoms with E-state index in [1.807, 2.05) is 17.7 Å². The first-order chi connectivity index (χ1) is 9.97. The molecule has 1 aliphatic carbocycles. The lowest BCUT2D eigenvalue weighted by Crippen LogP contribution is -2.27. The molecule has 1 heterocycles. The molecule has 0 aromatic carbocycles. The second-order valence-electron chi connectivity index (χ2n) is 5.76. The van der Waals surface area contributed by atoms with Gasteiger partial charge in [0.1, 0.15) is 5.69 Å². The lowest BCUT2D eigenvalue weighted by molar-refractivity contribution is -0.137. The second kappa shape index (κ2) is 6.98. The van der Waals surface area contributed by atoms with Gasteiger partial charge in [0.25, 0.3) is 5.91 Å². The highest BCUT2D eigenvalue weighted by Crippen LogP contribution is 2.37. The molecule has 1 aliphatic rings. The number of aromatic nitrogens is 1. The van der Waals surface area contributed by atoms with Gasteiger partial charge in [-0.3, -0.25) is 9.59 Å². The highest BCUT2D eigenvalue weighted by Gasteiger charge is 2.27. The molecule has 116 valence electrons. The molecule has 2 N–H and O–H groups in total. The number of amides is 1. The highest BCUT2D eigenvalue weighted by atomic mass is 35.5. The number of halogens is 1. The zero-order valence-electron chi connectivity index (χ0n) is 12.1. The number of carboxylic acids is 1. The molecule has 0 saturated heterocycles. The van der Waals surface area contributed by atoms with Crippen molar-refractivity contribution in [1.29, 1.82) is 0 Å². The van der Waals surface area contributed by atoms with Gasteiger partial charge >= 0.3 is 5.97 Å². The number of carbonyl (C=O) groups is 2. The number of aliphatic carboxylic acids is 1. The van der Waals surface area contributed by atoms with Gasteiger partial charge in [-0.05, 0) is 37.7 Å². The number of carboxylic acid groups (broad SMARTS) is 1. The van der Waals surface area contributed by atoms with Crippen LogP contribution in [0.1, 0.15) is 55.6 Å². The van der Waals surface area contributed by atoms with Gasteiger partial charge in [0.05, 0.1) is 5.02 Å². The van der Waals surface area contributed by atoms with E-state index in [-0.39, 0.29) is 18.2 Å². The largest absolute Gasteiger partial charge is 0.481 e. The summed E-state index contributed by atoms with van der Waals surface area (Å²) >= 11 is 5.98. The minimum atomic E-state index is -0.775. The Kier molecular flexibility index (Phi) is 5.28. The van der Waals surface area contributed by atoms with Crippen molar-refractivity contribution in [3.8, 4) is 0 Å².